The first-order chi connectivity index (χ1) is 20.8. The van der Waals surface area contributed by atoms with Crippen molar-refractivity contribution in [3.63, 3.8) is 0 Å². The van der Waals surface area contributed by atoms with Gasteiger partial charge in [0.05, 0.1) is 31.5 Å². The molecule has 3 heterocycles. The van der Waals surface area contributed by atoms with Crippen LogP contribution in [-0.4, -0.2) is 105 Å². The summed E-state index contributed by atoms with van der Waals surface area (Å²) in [5, 5.41) is 24.9. The van der Waals surface area contributed by atoms with Crippen LogP contribution in [0.5, 0.6) is 0 Å². The Morgan fingerprint density at radius 1 is 1.05 bits per heavy atom. The smallest absolute Gasteiger partial charge is 0.305 e. The summed E-state index contributed by atoms with van der Waals surface area (Å²) in [7, 11) is 4.42. The fraction of sp³-hybridized carbons (Fsp3) is 0.875. The van der Waals surface area contributed by atoms with Crippen molar-refractivity contribution in [2.45, 2.75) is 134 Å². The van der Waals surface area contributed by atoms with Crippen molar-refractivity contribution < 1.29 is 53.0 Å². The molecule has 0 radical (unpaired) electrons. The Labute approximate surface area is 262 Å². The Balaban J connectivity index is 1.65. The van der Waals surface area contributed by atoms with Crippen LogP contribution in [0.15, 0.2) is 12.2 Å². The Bertz CT molecular complexity index is 946. The zero-order valence-corrected chi connectivity index (χ0v) is 27.7. The number of aliphatic hydroxyl groups excluding tert-OH is 2. The highest BCUT2D eigenvalue weighted by atomic mass is 16.7. The van der Waals surface area contributed by atoms with Crippen LogP contribution in [0, 0.1) is 17.3 Å². The summed E-state index contributed by atoms with van der Waals surface area (Å²) in [6.07, 6.45) is 2.28. The van der Waals surface area contributed by atoms with Crippen molar-refractivity contribution >= 4 is 11.9 Å². The average Bonchev–Trinajstić information content (AvgIpc) is 2.99. The number of hydrogen-bond acceptors (Lipinski definition) is 11. The van der Waals surface area contributed by atoms with Gasteiger partial charge in [-0.05, 0) is 38.0 Å². The van der Waals surface area contributed by atoms with E-state index in [9.17, 15) is 19.8 Å². The van der Waals surface area contributed by atoms with E-state index < -0.39 is 60.0 Å². The van der Waals surface area contributed by atoms with Crippen molar-refractivity contribution in [2.24, 2.45) is 17.3 Å². The molecule has 3 aliphatic heterocycles. The maximum Gasteiger partial charge on any atom is 0.305 e. The molecular weight excluding hydrogens is 574 g/mol. The summed E-state index contributed by atoms with van der Waals surface area (Å²) < 4.78 is 40.5. The molecule has 3 rings (SSSR count). The molecule has 12 heteroatoms. The average molecular weight is 630 g/mol. The van der Waals surface area contributed by atoms with Crippen LogP contribution in [0.3, 0.4) is 0 Å². The highest BCUT2D eigenvalue weighted by molar-refractivity contribution is 5.82. The summed E-state index contributed by atoms with van der Waals surface area (Å²) >= 11 is 0. The van der Waals surface area contributed by atoms with Crippen LogP contribution in [0.25, 0.3) is 0 Å². The monoisotopic (exact) mass is 629 g/mol. The lowest BCUT2D eigenvalue weighted by Gasteiger charge is -2.54. The van der Waals surface area contributed by atoms with Crippen LogP contribution in [0.2, 0.25) is 0 Å². The second-order valence-electron chi connectivity index (χ2n) is 13.1. The predicted molar refractivity (Wildman–Crippen MR) is 160 cm³/mol. The molecule has 1 unspecified atom stereocenters. The van der Waals surface area contributed by atoms with E-state index in [1.165, 1.54) is 14.2 Å². The lowest BCUT2D eigenvalue weighted by Crippen LogP contribution is -2.69. The summed E-state index contributed by atoms with van der Waals surface area (Å²) in [5.41, 5.74) is -0.553. The third kappa shape index (κ3) is 8.58. The van der Waals surface area contributed by atoms with Crippen molar-refractivity contribution in [2.75, 3.05) is 28.1 Å². The maximum absolute atomic E-state index is 13.4. The quantitative estimate of drug-likeness (QED) is 0.148. The van der Waals surface area contributed by atoms with Gasteiger partial charge in [-0.1, -0.05) is 46.3 Å². The van der Waals surface area contributed by atoms with E-state index in [0.717, 1.165) is 25.7 Å². The second-order valence-corrected chi connectivity index (χ2v) is 13.1. The van der Waals surface area contributed by atoms with E-state index in [4.69, 9.17) is 28.4 Å². The van der Waals surface area contributed by atoms with E-state index in [-0.39, 0.29) is 37.1 Å². The zero-order chi connectivity index (χ0) is 32.7. The summed E-state index contributed by atoms with van der Waals surface area (Å²) in [4.78, 5) is 24.7. The van der Waals surface area contributed by atoms with Crippen LogP contribution < -0.4 is 5.32 Å². The molecule has 44 heavy (non-hydrogen) atoms. The molecule has 0 aromatic rings. The van der Waals surface area contributed by atoms with E-state index in [1.807, 2.05) is 33.8 Å². The minimum atomic E-state index is -1.61. The van der Waals surface area contributed by atoms with Crippen LogP contribution >= 0.6 is 0 Å². The number of esters is 1. The molecule has 0 bridgehead atoms. The molecule has 12 nitrogen and oxygen atoms in total. The van der Waals surface area contributed by atoms with Gasteiger partial charge in [0.15, 0.2) is 12.3 Å². The van der Waals surface area contributed by atoms with Crippen LogP contribution in [0.4, 0.5) is 0 Å². The molecule has 254 valence electrons. The summed E-state index contributed by atoms with van der Waals surface area (Å²) in [6.45, 7) is 9.93. The number of carbonyl (C=O) groups is 2. The number of aliphatic hydroxyl groups is 2. The Morgan fingerprint density at radius 2 is 1.77 bits per heavy atom. The fourth-order valence-corrected chi connectivity index (χ4v) is 6.62. The van der Waals surface area contributed by atoms with Crippen molar-refractivity contribution in [1.29, 1.82) is 0 Å². The minimum Gasteiger partial charge on any atom is -0.469 e. The van der Waals surface area contributed by atoms with Gasteiger partial charge in [0.1, 0.15) is 19.0 Å². The molecule has 3 saturated heterocycles. The standard InChI is InChI=1S/C32H55NO11/c1-19-17-32(40-8,44-21(3)20(19)2)27(36)29(37)33-30-26-25(41-18-42-30)28(39-7)31(4,5)23(43-26)16-22(34)14-12-10-9-11-13-15-24(35)38-6/h12,14,19-23,25-28,30,34,36H,9-11,13,15-18H2,1-8H3,(H,33,37)/b14-12+/t19?,20-,21-,22-,23-,25+,26+,27-,28-,30-,32-/m1/s1. The van der Waals surface area contributed by atoms with Gasteiger partial charge in [-0.15, -0.1) is 0 Å². The largest absolute Gasteiger partial charge is 0.469 e. The molecule has 3 aliphatic rings. The number of carbonyl (C=O) groups excluding carboxylic acids is 2. The molecule has 0 aromatic carbocycles. The Hall–Kier alpha value is -1.64. The number of unbranched alkanes of at least 4 members (excludes halogenated alkanes) is 3. The molecule has 3 N–H and O–H groups in total. The third-order valence-electron chi connectivity index (χ3n) is 9.79. The fourth-order valence-electron chi connectivity index (χ4n) is 6.62. The van der Waals surface area contributed by atoms with Gasteiger partial charge in [-0.2, -0.15) is 0 Å². The van der Waals surface area contributed by atoms with Gasteiger partial charge in [-0.25, -0.2) is 0 Å². The van der Waals surface area contributed by atoms with Gasteiger partial charge in [0.25, 0.3) is 5.91 Å². The van der Waals surface area contributed by atoms with Gasteiger partial charge in [0.2, 0.25) is 5.79 Å². The number of hydrogen-bond donors (Lipinski definition) is 3. The molecule has 1 amide bonds. The van der Waals surface area contributed by atoms with Crippen LogP contribution in [-0.2, 0) is 42.7 Å². The zero-order valence-electron chi connectivity index (χ0n) is 27.7. The van der Waals surface area contributed by atoms with Gasteiger partial charge in [0, 0.05) is 38.9 Å². The summed E-state index contributed by atoms with van der Waals surface area (Å²) in [6, 6.07) is 0. The van der Waals surface area contributed by atoms with E-state index in [1.54, 1.807) is 13.2 Å². The molecule has 0 saturated carbocycles. The number of ether oxygens (including phenoxy) is 7. The van der Waals surface area contributed by atoms with Crippen molar-refractivity contribution in [3.8, 4) is 0 Å². The summed E-state index contributed by atoms with van der Waals surface area (Å²) in [5.74, 6) is -2.02. The maximum atomic E-state index is 13.4. The van der Waals surface area contributed by atoms with Crippen LogP contribution in [0.1, 0.15) is 79.6 Å². The number of methoxy groups -OCH3 is 3. The highest BCUT2D eigenvalue weighted by Crippen LogP contribution is 2.44. The number of allylic oxidation sites excluding steroid dienone is 1. The van der Waals surface area contributed by atoms with Crippen molar-refractivity contribution in [1.82, 2.24) is 5.32 Å². The highest BCUT2D eigenvalue weighted by Gasteiger charge is 2.57. The molecule has 11 atom stereocenters. The van der Waals surface area contributed by atoms with Gasteiger partial charge >= 0.3 is 5.97 Å². The Morgan fingerprint density at radius 3 is 2.41 bits per heavy atom. The second kappa shape index (κ2) is 16.3. The third-order valence-corrected chi connectivity index (χ3v) is 9.79. The lowest BCUT2D eigenvalue weighted by molar-refractivity contribution is -0.334. The number of amides is 1. The molecule has 0 aliphatic carbocycles. The number of fused-ring (bicyclic) bond motifs is 1. The normalized spacial score (nSPS) is 36.8. The van der Waals surface area contributed by atoms with E-state index >= 15 is 0 Å². The lowest BCUT2D eigenvalue weighted by atomic mass is 9.72. The first-order valence-corrected chi connectivity index (χ1v) is 15.9. The first kappa shape index (κ1) is 36.8. The predicted octanol–water partition coefficient (Wildman–Crippen LogP) is 2.83. The van der Waals surface area contributed by atoms with E-state index in [2.05, 4.69) is 17.0 Å². The number of nitrogens with one attached hydrogen (secondary N) is 1. The topological polar surface area (TPSA) is 151 Å². The van der Waals surface area contributed by atoms with Crippen molar-refractivity contribution in [3.05, 3.63) is 12.2 Å². The molecule has 0 spiro atoms. The first-order valence-electron chi connectivity index (χ1n) is 15.9. The SMILES string of the molecule is COC(=O)CCCCC/C=C/[C@@H](O)C[C@H]1O[C@H]2[C@H](OCO[C@H]2NC(=O)[C@@H](O)[C@@]2(OC)CC(C)[C@@H](C)[C@@H](C)O2)[C@@H](OC)C1(C)C. The number of rotatable bonds is 14. The Kier molecular flexibility index (Phi) is 13.6. The molecular formula is C32H55NO11. The van der Waals surface area contributed by atoms with E-state index in [0.29, 0.717) is 12.8 Å². The van der Waals surface area contributed by atoms with Gasteiger partial charge in [-0.3, -0.25) is 9.59 Å². The minimum absolute atomic E-state index is 0.103. The molecule has 3 fully saturated rings. The van der Waals surface area contributed by atoms with Gasteiger partial charge < -0.3 is 48.7 Å². The molecule has 0 aromatic heterocycles.